The molecule has 1 N–H and O–H groups in total. The molecule has 0 saturated carbocycles. The first-order chi connectivity index (χ1) is 13.1. The van der Waals surface area contributed by atoms with E-state index >= 15 is 0 Å². The highest BCUT2D eigenvalue weighted by Gasteiger charge is 2.32. The first-order valence-electron chi connectivity index (χ1n) is 9.09. The van der Waals surface area contributed by atoms with E-state index < -0.39 is 5.97 Å². The zero-order chi connectivity index (χ0) is 18.8. The van der Waals surface area contributed by atoms with Crippen LogP contribution in [0, 0.1) is 0 Å². The molecule has 0 radical (unpaired) electrons. The van der Waals surface area contributed by atoms with Crippen LogP contribution in [-0.2, 0) is 11.2 Å². The van der Waals surface area contributed by atoms with Gasteiger partial charge in [-0.2, -0.15) is 0 Å². The third kappa shape index (κ3) is 3.57. The number of thiazole rings is 1. The zero-order valence-corrected chi connectivity index (χ0v) is 15.6. The van der Waals surface area contributed by atoms with Gasteiger partial charge in [0.25, 0.3) is 0 Å². The summed E-state index contributed by atoms with van der Waals surface area (Å²) in [5, 5.41) is 10.3. The van der Waals surface area contributed by atoms with E-state index in [-0.39, 0.29) is 17.5 Å². The van der Waals surface area contributed by atoms with Gasteiger partial charge in [-0.3, -0.25) is 4.79 Å². The Kier molecular flexibility index (Phi) is 4.90. The van der Waals surface area contributed by atoms with Gasteiger partial charge in [0.2, 0.25) is 5.91 Å². The van der Waals surface area contributed by atoms with Crippen molar-refractivity contribution in [2.45, 2.75) is 31.7 Å². The predicted octanol–water partition coefficient (Wildman–Crippen LogP) is 4.29. The van der Waals surface area contributed by atoms with Crippen molar-refractivity contribution in [3.63, 3.8) is 0 Å². The van der Waals surface area contributed by atoms with E-state index in [1.807, 2.05) is 29.2 Å². The molecule has 0 aliphatic carbocycles. The Hall–Kier alpha value is -2.73. The maximum absolute atomic E-state index is 12.9. The number of carbonyl (C=O) groups excluding carboxylic acids is 1. The van der Waals surface area contributed by atoms with E-state index in [9.17, 15) is 14.7 Å². The minimum absolute atomic E-state index is 0.0321. The minimum atomic E-state index is -0.952. The second kappa shape index (κ2) is 7.48. The minimum Gasteiger partial charge on any atom is -0.478 e. The molecule has 2 heterocycles. The van der Waals surface area contributed by atoms with E-state index in [4.69, 9.17) is 4.98 Å². The lowest BCUT2D eigenvalue weighted by Crippen LogP contribution is -2.30. The Labute approximate surface area is 161 Å². The van der Waals surface area contributed by atoms with Crippen LogP contribution >= 0.6 is 11.3 Å². The summed E-state index contributed by atoms with van der Waals surface area (Å²) in [7, 11) is 0. The predicted molar refractivity (Wildman–Crippen MR) is 105 cm³/mol. The summed E-state index contributed by atoms with van der Waals surface area (Å²) in [6, 6.07) is 15.0. The molecule has 0 spiro atoms. The van der Waals surface area contributed by atoms with Crippen LogP contribution < -0.4 is 0 Å². The number of carbonyl (C=O) groups is 2. The molecule has 1 amide bonds. The van der Waals surface area contributed by atoms with Crippen LogP contribution in [0.1, 0.15) is 46.2 Å². The average molecular weight is 380 g/mol. The van der Waals surface area contributed by atoms with Crippen LogP contribution in [0.3, 0.4) is 0 Å². The first-order valence-corrected chi connectivity index (χ1v) is 9.91. The van der Waals surface area contributed by atoms with E-state index in [0.717, 1.165) is 34.6 Å². The Morgan fingerprint density at radius 2 is 1.93 bits per heavy atom. The molecule has 138 valence electrons. The van der Waals surface area contributed by atoms with E-state index in [0.29, 0.717) is 18.4 Å². The number of aryl methyl sites for hydroxylation is 1. The number of benzene rings is 2. The summed E-state index contributed by atoms with van der Waals surface area (Å²) in [6.45, 7) is 0.736. The number of aromatic nitrogens is 1. The number of para-hydroxylation sites is 1. The van der Waals surface area contributed by atoms with Gasteiger partial charge in [0.1, 0.15) is 5.01 Å². The zero-order valence-electron chi connectivity index (χ0n) is 14.8. The maximum atomic E-state index is 12.9. The largest absolute Gasteiger partial charge is 0.478 e. The number of nitrogens with zero attached hydrogens (tertiary/aromatic N) is 2. The molecule has 6 heteroatoms. The molecule has 1 fully saturated rings. The normalized spacial score (nSPS) is 16.7. The van der Waals surface area contributed by atoms with Crippen molar-refractivity contribution in [2.24, 2.45) is 0 Å². The Morgan fingerprint density at radius 3 is 2.74 bits per heavy atom. The van der Waals surface area contributed by atoms with Gasteiger partial charge in [-0.05, 0) is 43.0 Å². The molecule has 1 saturated heterocycles. The molecule has 1 aliphatic heterocycles. The molecular weight excluding hydrogens is 360 g/mol. The summed E-state index contributed by atoms with van der Waals surface area (Å²) in [5.41, 5.74) is 1.95. The molecule has 3 aromatic rings. The number of rotatable bonds is 5. The highest BCUT2D eigenvalue weighted by Crippen LogP contribution is 2.36. The van der Waals surface area contributed by atoms with Crippen molar-refractivity contribution in [3.05, 3.63) is 64.7 Å². The summed E-state index contributed by atoms with van der Waals surface area (Å²) < 4.78 is 1.14. The fourth-order valence-electron chi connectivity index (χ4n) is 3.69. The summed E-state index contributed by atoms with van der Waals surface area (Å²) >= 11 is 1.65. The van der Waals surface area contributed by atoms with Crippen LogP contribution in [0.25, 0.3) is 10.2 Å². The van der Waals surface area contributed by atoms with Gasteiger partial charge in [-0.15, -0.1) is 11.3 Å². The van der Waals surface area contributed by atoms with E-state index in [1.54, 1.807) is 29.5 Å². The first kappa shape index (κ1) is 17.7. The third-order valence-corrected chi connectivity index (χ3v) is 6.16. The van der Waals surface area contributed by atoms with Crippen LogP contribution in [0.2, 0.25) is 0 Å². The Balaban J connectivity index is 1.49. The van der Waals surface area contributed by atoms with Crippen LogP contribution in [0.15, 0.2) is 48.5 Å². The number of amides is 1. The molecule has 4 rings (SSSR count). The van der Waals surface area contributed by atoms with Crippen molar-refractivity contribution in [1.29, 1.82) is 0 Å². The standard InChI is InChI=1S/C21H20N2O3S/c24-19(12-11-14-6-1-2-7-15(14)21(25)26)23-13-5-9-17(23)20-22-16-8-3-4-10-18(16)27-20/h1-4,6-8,10,17H,5,9,11-13H2,(H,25,26). The van der Waals surface area contributed by atoms with Gasteiger partial charge in [0.15, 0.2) is 0 Å². The van der Waals surface area contributed by atoms with Crippen LogP contribution in [0.5, 0.6) is 0 Å². The van der Waals surface area contributed by atoms with Gasteiger partial charge >= 0.3 is 5.97 Å². The summed E-state index contributed by atoms with van der Waals surface area (Å²) in [4.78, 5) is 30.8. The van der Waals surface area contributed by atoms with Gasteiger partial charge < -0.3 is 10.0 Å². The lowest BCUT2D eigenvalue weighted by atomic mass is 10.0. The topological polar surface area (TPSA) is 70.5 Å². The number of hydrogen-bond acceptors (Lipinski definition) is 4. The molecule has 27 heavy (non-hydrogen) atoms. The third-order valence-electron chi connectivity index (χ3n) is 5.02. The fourth-order valence-corrected chi connectivity index (χ4v) is 4.80. The second-order valence-corrected chi connectivity index (χ2v) is 7.79. The van der Waals surface area contributed by atoms with Crippen LogP contribution in [0.4, 0.5) is 0 Å². The highest BCUT2D eigenvalue weighted by atomic mass is 32.1. The highest BCUT2D eigenvalue weighted by molar-refractivity contribution is 7.18. The fraction of sp³-hybridized carbons (Fsp3) is 0.286. The quantitative estimate of drug-likeness (QED) is 0.717. The molecule has 1 aliphatic rings. The van der Waals surface area contributed by atoms with Crippen molar-refractivity contribution in [1.82, 2.24) is 9.88 Å². The molecular formula is C21H20N2O3S. The van der Waals surface area contributed by atoms with Gasteiger partial charge in [-0.1, -0.05) is 30.3 Å². The number of fused-ring (bicyclic) bond motifs is 1. The Bertz CT molecular complexity index is 965. The Morgan fingerprint density at radius 1 is 1.15 bits per heavy atom. The molecule has 2 aromatic carbocycles. The van der Waals surface area contributed by atoms with Gasteiger partial charge in [0.05, 0.1) is 21.8 Å². The van der Waals surface area contributed by atoms with E-state index in [2.05, 4.69) is 6.07 Å². The van der Waals surface area contributed by atoms with Crippen molar-refractivity contribution in [2.75, 3.05) is 6.54 Å². The number of likely N-dealkylation sites (tertiary alicyclic amines) is 1. The molecule has 1 unspecified atom stereocenters. The SMILES string of the molecule is O=C(O)c1ccccc1CCC(=O)N1CCCC1c1nc2ccccc2s1. The number of carboxylic acid groups (broad SMARTS) is 1. The molecule has 1 atom stereocenters. The molecule has 0 bridgehead atoms. The van der Waals surface area contributed by atoms with Gasteiger partial charge in [0, 0.05) is 13.0 Å². The second-order valence-electron chi connectivity index (χ2n) is 6.73. The number of hydrogen-bond donors (Lipinski definition) is 1. The van der Waals surface area contributed by atoms with Crippen LogP contribution in [-0.4, -0.2) is 33.4 Å². The lowest BCUT2D eigenvalue weighted by molar-refractivity contribution is -0.132. The monoisotopic (exact) mass is 380 g/mol. The lowest BCUT2D eigenvalue weighted by Gasteiger charge is -2.23. The molecule has 5 nitrogen and oxygen atoms in total. The molecule has 1 aromatic heterocycles. The van der Waals surface area contributed by atoms with Gasteiger partial charge in [-0.25, -0.2) is 9.78 Å². The van der Waals surface area contributed by atoms with Crippen molar-refractivity contribution < 1.29 is 14.7 Å². The average Bonchev–Trinajstić information content (AvgIpc) is 3.32. The summed E-state index contributed by atoms with van der Waals surface area (Å²) in [5.74, 6) is -0.886. The smallest absolute Gasteiger partial charge is 0.335 e. The number of carboxylic acids is 1. The maximum Gasteiger partial charge on any atom is 0.335 e. The summed E-state index contributed by atoms with van der Waals surface area (Å²) in [6.07, 6.45) is 2.64. The van der Waals surface area contributed by atoms with Crippen molar-refractivity contribution in [3.8, 4) is 0 Å². The number of aromatic carboxylic acids is 1. The van der Waals surface area contributed by atoms with E-state index in [1.165, 1.54) is 0 Å². The van der Waals surface area contributed by atoms with Crippen molar-refractivity contribution >= 4 is 33.4 Å².